The fraction of sp³-hybridized carbons (Fsp3) is 0.765. The van der Waals surface area contributed by atoms with E-state index in [1.165, 1.54) is 0 Å². The molecule has 1 aromatic rings. The Kier molecular flexibility index (Phi) is 5.86. The number of aromatic nitrogens is 2. The highest BCUT2D eigenvalue weighted by atomic mass is 16.5. The number of nitrogens with zero attached hydrogens (tertiary/aromatic N) is 4. The summed E-state index contributed by atoms with van der Waals surface area (Å²) in [5, 5.41) is 0. The summed E-state index contributed by atoms with van der Waals surface area (Å²) in [5.41, 5.74) is 0. The lowest BCUT2D eigenvalue weighted by Crippen LogP contribution is -2.39. The first-order valence-corrected chi connectivity index (χ1v) is 8.72. The second kappa shape index (κ2) is 8.09. The van der Waals surface area contributed by atoms with E-state index in [4.69, 9.17) is 9.47 Å². The number of amides is 1. The van der Waals surface area contributed by atoms with E-state index < -0.39 is 0 Å². The van der Waals surface area contributed by atoms with Crippen LogP contribution >= 0.6 is 0 Å². The topological polar surface area (TPSA) is 59.8 Å². The highest BCUT2D eigenvalue weighted by Crippen LogP contribution is 2.21. The van der Waals surface area contributed by atoms with Crippen molar-refractivity contribution < 1.29 is 14.3 Å². The number of rotatable bonds is 6. The summed E-state index contributed by atoms with van der Waals surface area (Å²) in [5.74, 6) is 1.44. The molecule has 2 aliphatic rings. The molecule has 0 spiro atoms. The van der Waals surface area contributed by atoms with E-state index in [9.17, 15) is 4.79 Å². The molecule has 0 bridgehead atoms. The molecular formula is C17H28N4O3. The first kappa shape index (κ1) is 17.4. The molecule has 2 aliphatic heterocycles. The van der Waals surface area contributed by atoms with Gasteiger partial charge in [0, 0.05) is 44.6 Å². The van der Waals surface area contributed by atoms with Gasteiger partial charge in [0.25, 0.3) is 0 Å². The molecule has 0 N–H and O–H groups in total. The number of imidazole rings is 1. The maximum atomic E-state index is 12.8. The van der Waals surface area contributed by atoms with E-state index in [0.717, 1.165) is 31.9 Å². The molecule has 1 amide bonds. The molecule has 0 radical (unpaired) electrons. The fourth-order valence-electron chi connectivity index (χ4n) is 3.30. The molecule has 3 rings (SSSR count). The SMILES string of the molecule is CN(C)CCOC[C@H]1CN(C(=O)[C@H]2CCOC2)Cc2nccn2C1. The van der Waals surface area contributed by atoms with E-state index in [-0.39, 0.29) is 17.7 Å². The standard InChI is InChI=1S/C17H28N4O3/c1-19(2)6-8-24-12-14-9-20-5-4-18-16(20)11-21(10-14)17(22)15-3-7-23-13-15/h4-5,14-15H,3,6-13H2,1-2H3/t14-,15+/m1/s1. The lowest BCUT2D eigenvalue weighted by atomic mass is 10.1. The third kappa shape index (κ3) is 4.34. The number of fused-ring (bicyclic) bond motifs is 1. The van der Waals surface area contributed by atoms with Gasteiger partial charge in [-0.25, -0.2) is 4.98 Å². The summed E-state index contributed by atoms with van der Waals surface area (Å²) in [6.07, 6.45) is 4.63. The van der Waals surface area contributed by atoms with Gasteiger partial charge in [-0.15, -0.1) is 0 Å². The molecule has 134 valence electrons. The molecule has 7 heteroatoms. The Bertz CT molecular complexity index is 540. The van der Waals surface area contributed by atoms with Crippen molar-refractivity contribution in [3.63, 3.8) is 0 Å². The smallest absolute Gasteiger partial charge is 0.228 e. The van der Waals surface area contributed by atoms with Gasteiger partial charge in [-0.1, -0.05) is 0 Å². The lowest BCUT2D eigenvalue weighted by molar-refractivity contribution is -0.137. The number of hydrogen-bond donors (Lipinski definition) is 0. The van der Waals surface area contributed by atoms with Crippen molar-refractivity contribution in [1.29, 1.82) is 0 Å². The first-order chi connectivity index (χ1) is 11.6. The normalized spacial score (nSPS) is 24.2. The molecule has 1 fully saturated rings. The van der Waals surface area contributed by atoms with Gasteiger partial charge in [-0.05, 0) is 20.5 Å². The van der Waals surface area contributed by atoms with Gasteiger partial charge in [0.05, 0.1) is 32.3 Å². The van der Waals surface area contributed by atoms with Crippen LogP contribution in [0.1, 0.15) is 12.2 Å². The summed E-state index contributed by atoms with van der Waals surface area (Å²) < 4.78 is 13.4. The minimum absolute atomic E-state index is 0.00169. The Morgan fingerprint density at radius 1 is 1.46 bits per heavy atom. The Balaban J connectivity index is 1.63. The molecule has 0 aromatic carbocycles. The number of likely N-dealkylation sites (N-methyl/N-ethyl adjacent to an activating group) is 1. The Morgan fingerprint density at radius 3 is 3.08 bits per heavy atom. The van der Waals surface area contributed by atoms with E-state index >= 15 is 0 Å². The maximum absolute atomic E-state index is 12.8. The van der Waals surface area contributed by atoms with Crippen molar-refractivity contribution in [2.45, 2.75) is 19.5 Å². The highest BCUT2D eigenvalue weighted by Gasteiger charge is 2.32. The largest absolute Gasteiger partial charge is 0.381 e. The molecule has 7 nitrogen and oxygen atoms in total. The van der Waals surface area contributed by atoms with Gasteiger partial charge in [0.15, 0.2) is 0 Å². The molecule has 1 aromatic heterocycles. The van der Waals surface area contributed by atoms with Crippen molar-refractivity contribution in [1.82, 2.24) is 19.4 Å². The molecular weight excluding hydrogens is 308 g/mol. The lowest BCUT2D eigenvalue weighted by Gasteiger charge is -2.26. The van der Waals surface area contributed by atoms with Crippen LogP contribution in [0.25, 0.3) is 0 Å². The number of hydrogen-bond acceptors (Lipinski definition) is 5. The van der Waals surface area contributed by atoms with Crippen molar-refractivity contribution in [3.05, 3.63) is 18.2 Å². The quantitative estimate of drug-likeness (QED) is 0.706. The summed E-state index contributed by atoms with van der Waals surface area (Å²) in [4.78, 5) is 21.3. The van der Waals surface area contributed by atoms with E-state index in [2.05, 4.69) is 14.5 Å². The maximum Gasteiger partial charge on any atom is 0.228 e. The Morgan fingerprint density at radius 2 is 2.33 bits per heavy atom. The number of carbonyl (C=O) groups excluding carboxylic acids is 1. The van der Waals surface area contributed by atoms with Crippen molar-refractivity contribution in [2.75, 3.05) is 53.6 Å². The van der Waals surface area contributed by atoms with Crippen LogP contribution in [-0.2, 0) is 27.4 Å². The second-order valence-electron chi connectivity index (χ2n) is 7.02. The van der Waals surface area contributed by atoms with Crippen LogP contribution in [0.15, 0.2) is 12.4 Å². The van der Waals surface area contributed by atoms with Crippen LogP contribution in [0.5, 0.6) is 0 Å². The molecule has 0 aliphatic carbocycles. The Labute approximate surface area is 143 Å². The summed E-state index contributed by atoms with van der Waals surface area (Å²) in [6.45, 7) is 5.68. The first-order valence-electron chi connectivity index (χ1n) is 8.72. The molecule has 1 saturated heterocycles. The number of carbonyl (C=O) groups is 1. The van der Waals surface area contributed by atoms with Crippen LogP contribution in [0.2, 0.25) is 0 Å². The van der Waals surface area contributed by atoms with Crippen LogP contribution in [0.3, 0.4) is 0 Å². The predicted octanol–water partition coefficient (Wildman–Crippen LogP) is 0.456. The van der Waals surface area contributed by atoms with Gasteiger partial charge >= 0.3 is 0 Å². The van der Waals surface area contributed by atoms with Gasteiger partial charge in [-0.3, -0.25) is 4.79 Å². The molecule has 3 heterocycles. The molecule has 0 unspecified atom stereocenters. The second-order valence-corrected chi connectivity index (χ2v) is 7.02. The zero-order chi connectivity index (χ0) is 16.9. The average Bonchev–Trinajstić information content (AvgIpc) is 3.19. The van der Waals surface area contributed by atoms with Crippen LogP contribution in [0.4, 0.5) is 0 Å². The average molecular weight is 336 g/mol. The van der Waals surface area contributed by atoms with E-state index in [1.807, 2.05) is 31.4 Å². The fourth-order valence-corrected chi connectivity index (χ4v) is 3.30. The highest BCUT2D eigenvalue weighted by molar-refractivity contribution is 5.79. The minimum Gasteiger partial charge on any atom is -0.381 e. The predicted molar refractivity (Wildman–Crippen MR) is 89.4 cm³/mol. The van der Waals surface area contributed by atoms with Crippen LogP contribution in [0, 0.1) is 11.8 Å². The third-order valence-corrected chi connectivity index (χ3v) is 4.69. The molecule has 24 heavy (non-hydrogen) atoms. The van der Waals surface area contributed by atoms with Gasteiger partial charge in [0.1, 0.15) is 5.82 Å². The van der Waals surface area contributed by atoms with E-state index in [0.29, 0.717) is 33.0 Å². The summed E-state index contributed by atoms with van der Waals surface area (Å²) in [6, 6.07) is 0. The third-order valence-electron chi connectivity index (χ3n) is 4.69. The minimum atomic E-state index is 0.00169. The zero-order valence-corrected chi connectivity index (χ0v) is 14.7. The van der Waals surface area contributed by atoms with Crippen LogP contribution in [-0.4, -0.2) is 78.9 Å². The summed E-state index contributed by atoms with van der Waals surface area (Å²) in [7, 11) is 4.08. The zero-order valence-electron chi connectivity index (χ0n) is 14.7. The van der Waals surface area contributed by atoms with Gasteiger partial charge in [-0.2, -0.15) is 0 Å². The van der Waals surface area contributed by atoms with Crippen molar-refractivity contribution >= 4 is 5.91 Å². The van der Waals surface area contributed by atoms with Gasteiger partial charge < -0.3 is 23.8 Å². The Hall–Kier alpha value is -1.44. The van der Waals surface area contributed by atoms with Crippen molar-refractivity contribution in [2.24, 2.45) is 11.8 Å². The number of ether oxygens (including phenoxy) is 2. The van der Waals surface area contributed by atoms with E-state index in [1.54, 1.807) is 0 Å². The monoisotopic (exact) mass is 336 g/mol. The van der Waals surface area contributed by atoms with Crippen molar-refractivity contribution in [3.8, 4) is 0 Å². The summed E-state index contributed by atoms with van der Waals surface area (Å²) >= 11 is 0. The van der Waals surface area contributed by atoms with Crippen LogP contribution < -0.4 is 0 Å². The van der Waals surface area contributed by atoms with Gasteiger partial charge in [0.2, 0.25) is 5.91 Å². The molecule has 0 saturated carbocycles. The molecule has 2 atom stereocenters.